The molecule has 5 rings (SSSR count). The number of benzene rings is 3. The van der Waals surface area contributed by atoms with Crippen LogP contribution in [0.2, 0.25) is 0 Å². The van der Waals surface area contributed by atoms with E-state index in [-0.39, 0.29) is 11.8 Å². The number of nitrogens with one attached hydrogen (secondary N) is 1. The van der Waals surface area contributed by atoms with Crippen molar-refractivity contribution in [2.75, 3.05) is 19.6 Å². The van der Waals surface area contributed by atoms with Crippen LogP contribution in [0.1, 0.15) is 33.5 Å². The van der Waals surface area contributed by atoms with Crippen molar-refractivity contribution in [3.05, 3.63) is 113 Å². The molecule has 1 fully saturated rings. The zero-order valence-corrected chi connectivity index (χ0v) is 20.0. The van der Waals surface area contributed by atoms with E-state index in [1.165, 1.54) is 0 Å². The summed E-state index contributed by atoms with van der Waals surface area (Å²) in [5.41, 5.74) is 5.15. The van der Waals surface area contributed by atoms with E-state index in [0.29, 0.717) is 38.0 Å². The molecule has 3 aromatic rings. The van der Waals surface area contributed by atoms with Crippen molar-refractivity contribution in [3.8, 4) is 0 Å². The number of aliphatic hydroxyl groups excluding tert-OH is 1. The molecule has 182 valence electrons. The molecule has 0 saturated carbocycles. The Hall–Kier alpha value is -4.03. The summed E-state index contributed by atoms with van der Waals surface area (Å²) < 4.78 is 0. The maximum Gasteiger partial charge on any atom is 0.252 e. The van der Waals surface area contributed by atoms with E-state index in [4.69, 9.17) is 4.99 Å². The fraction of sp³-hybridized carbons (Fsp3) is 0.233. The second-order valence-electron chi connectivity index (χ2n) is 9.23. The Morgan fingerprint density at radius 3 is 2.39 bits per heavy atom. The number of nitrogens with zero attached hydrogens (tertiary/aromatic N) is 2. The molecule has 0 aliphatic carbocycles. The molecular formula is C30H29N3O3. The summed E-state index contributed by atoms with van der Waals surface area (Å²) in [7, 11) is 0. The molecular weight excluding hydrogens is 450 g/mol. The second kappa shape index (κ2) is 10.7. The molecule has 6 heteroatoms. The highest BCUT2D eigenvalue weighted by atomic mass is 16.3. The van der Waals surface area contributed by atoms with Crippen molar-refractivity contribution in [1.82, 2.24) is 10.2 Å². The molecule has 6 nitrogen and oxygen atoms in total. The average Bonchev–Trinajstić information content (AvgIpc) is 3.59. The number of allylic oxidation sites excluding steroid dienone is 1. The third-order valence-corrected chi connectivity index (χ3v) is 6.68. The smallest absolute Gasteiger partial charge is 0.252 e. The van der Waals surface area contributed by atoms with Crippen molar-refractivity contribution >= 4 is 23.1 Å². The number of aliphatic hydroxyl groups is 1. The van der Waals surface area contributed by atoms with Gasteiger partial charge in [-0.05, 0) is 35.3 Å². The first-order valence-corrected chi connectivity index (χ1v) is 12.3. The van der Waals surface area contributed by atoms with E-state index in [2.05, 4.69) is 17.4 Å². The average molecular weight is 480 g/mol. The van der Waals surface area contributed by atoms with Crippen LogP contribution in [-0.4, -0.2) is 59.3 Å². The number of carbonyl (C=O) groups excluding carboxylic acids is 2. The van der Waals surface area contributed by atoms with Crippen LogP contribution in [0, 0.1) is 0 Å². The van der Waals surface area contributed by atoms with Crippen LogP contribution in [0.25, 0.3) is 5.57 Å². The van der Waals surface area contributed by atoms with Gasteiger partial charge in [0, 0.05) is 30.6 Å². The van der Waals surface area contributed by atoms with Gasteiger partial charge in [0.25, 0.3) is 5.91 Å². The fourth-order valence-electron chi connectivity index (χ4n) is 4.77. The van der Waals surface area contributed by atoms with E-state index in [0.717, 1.165) is 28.0 Å². The molecule has 2 amide bonds. The molecule has 1 saturated heterocycles. The first-order valence-electron chi connectivity index (χ1n) is 12.3. The third kappa shape index (κ3) is 5.29. The number of rotatable bonds is 7. The second-order valence-corrected chi connectivity index (χ2v) is 9.23. The minimum atomic E-state index is -0.737. The Kier molecular flexibility index (Phi) is 7.05. The maximum atomic E-state index is 13.6. The normalized spacial score (nSPS) is 17.9. The van der Waals surface area contributed by atoms with Crippen LogP contribution >= 0.6 is 0 Å². The molecule has 0 spiro atoms. The van der Waals surface area contributed by atoms with Crippen LogP contribution in [0.5, 0.6) is 0 Å². The molecule has 2 aliphatic heterocycles. The van der Waals surface area contributed by atoms with Gasteiger partial charge in [-0.2, -0.15) is 0 Å². The summed E-state index contributed by atoms with van der Waals surface area (Å²) in [6, 6.07) is 26.4. The van der Waals surface area contributed by atoms with Crippen LogP contribution in [0.15, 0.2) is 96.0 Å². The van der Waals surface area contributed by atoms with Gasteiger partial charge >= 0.3 is 0 Å². The fourth-order valence-corrected chi connectivity index (χ4v) is 4.77. The van der Waals surface area contributed by atoms with Gasteiger partial charge in [0.05, 0.1) is 18.4 Å². The summed E-state index contributed by atoms with van der Waals surface area (Å²) >= 11 is 0. The lowest BCUT2D eigenvalue weighted by molar-refractivity contribution is -0.132. The SMILES string of the molecule is O=C(N[C@@H](Cc1ccccc1)C(=O)N1CC[C@@H](O)C1)c1ccccc1C1=NCC(c2ccccc2)=C1. The van der Waals surface area contributed by atoms with Crippen molar-refractivity contribution in [2.24, 2.45) is 4.99 Å². The van der Waals surface area contributed by atoms with Gasteiger partial charge < -0.3 is 15.3 Å². The van der Waals surface area contributed by atoms with Crippen molar-refractivity contribution in [1.29, 1.82) is 0 Å². The zero-order chi connectivity index (χ0) is 24.9. The highest BCUT2D eigenvalue weighted by molar-refractivity contribution is 6.19. The highest BCUT2D eigenvalue weighted by Crippen LogP contribution is 2.23. The Morgan fingerprint density at radius 2 is 1.67 bits per heavy atom. The molecule has 0 radical (unpaired) electrons. The number of carbonyl (C=O) groups is 2. The highest BCUT2D eigenvalue weighted by Gasteiger charge is 2.32. The predicted octanol–water partition coefficient (Wildman–Crippen LogP) is 3.51. The molecule has 2 heterocycles. The van der Waals surface area contributed by atoms with E-state index in [1.807, 2.05) is 72.8 Å². The summed E-state index contributed by atoms with van der Waals surface area (Å²) in [5, 5.41) is 12.9. The lowest BCUT2D eigenvalue weighted by atomic mass is 9.99. The molecule has 0 bridgehead atoms. The van der Waals surface area contributed by atoms with Gasteiger partial charge in [0.2, 0.25) is 5.91 Å². The van der Waals surface area contributed by atoms with Crippen molar-refractivity contribution in [3.63, 3.8) is 0 Å². The molecule has 36 heavy (non-hydrogen) atoms. The Morgan fingerprint density at radius 1 is 0.972 bits per heavy atom. The van der Waals surface area contributed by atoms with Crippen LogP contribution in [0.3, 0.4) is 0 Å². The molecule has 0 aromatic heterocycles. The summed E-state index contributed by atoms with van der Waals surface area (Å²) in [6.07, 6.45) is 2.43. The van der Waals surface area contributed by atoms with Gasteiger partial charge in [-0.15, -0.1) is 0 Å². The van der Waals surface area contributed by atoms with Gasteiger partial charge in [0.15, 0.2) is 0 Å². The lowest BCUT2D eigenvalue weighted by Gasteiger charge is -2.24. The monoisotopic (exact) mass is 479 g/mol. The number of hydrogen-bond donors (Lipinski definition) is 2. The molecule has 2 N–H and O–H groups in total. The number of aliphatic imine (C=N–C) groups is 1. The molecule has 0 unspecified atom stereocenters. The largest absolute Gasteiger partial charge is 0.391 e. The summed E-state index contributed by atoms with van der Waals surface area (Å²) in [6.45, 7) is 1.34. The van der Waals surface area contributed by atoms with Crippen molar-refractivity contribution < 1.29 is 14.7 Å². The number of amides is 2. The quantitative estimate of drug-likeness (QED) is 0.544. The lowest BCUT2D eigenvalue weighted by Crippen LogP contribution is -2.49. The third-order valence-electron chi connectivity index (χ3n) is 6.68. The van der Waals surface area contributed by atoms with E-state index in [9.17, 15) is 14.7 Å². The predicted molar refractivity (Wildman–Crippen MR) is 141 cm³/mol. The maximum absolute atomic E-state index is 13.6. The number of likely N-dealkylation sites (tertiary alicyclic amines) is 1. The molecule has 2 aliphatic rings. The Labute approximate surface area is 211 Å². The minimum absolute atomic E-state index is 0.175. The van der Waals surface area contributed by atoms with Gasteiger partial charge in [-0.25, -0.2) is 0 Å². The van der Waals surface area contributed by atoms with Crippen molar-refractivity contribution in [2.45, 2.75) is 25.0 Å². The first-order chi connectivity index (χ1) is 17.6. The first kappa shape index (κ1) is 23.7. The van der Waals surface area contributed by atoms with Crippen LogP contribution in [-0.2, 0) is 11.2 Å². The van der Waals surface area contributed by atoms with E-state index in [1.54, 1.807) is 11.0 Å². The minimum Gasteiger partial charge on any atom is -0.391 e. The number of β-amino-alcohol motifs (C(OH)–C–C–N with tert-alkyl or cyclic N) is 1. The van der Waals surface area contributed by atoms with E-state index < -0.39 is 12.1 Å². The topological polar surface area (TPSA) is 82.0 Å². The summed E-state index contributed by atoms with van der Waals surface area (Å²) in [4.78, 5) is 33.3. The number of hydrogen-bond acceptors (Lipinski definition) is 4. The van der Waals surface area contributed by atoms with Crippen LogP contribution < -0.4 is 5.32 Å². The van der Waals surface area contributed by atoms with Gasteiger partial charge in [-0.1, -0.05) is 78.9 Å². The Bertz CT molecular complexity index is 1300. The standard InChI is InChI=1S/C30H29N3O3/c34-24-15-16-33(20-24)30(36)28(17-21-9-3-1-4-10-21)32-29(35)26-14-8-7-13-25(26)27-18-23(19-31-27)22-11-5-2-6-12-22/h1-14,18,24,28,34H,15-17,19-20H2,(H,32,35)/t24-,28+/m1/s1. The van der Waals surface area contributed by atoms with Crippen LogP contribution in [0.4, 0.5) is 0 Å². The molecule has 2 atom stereocenters. The zero-order valence-electron chi connectivity index (χ0n) is 20.0. The Balaban J connectivity index is 1.39. The molecule has 3 aromatic carbocycles. The summed E-state index contributed by atoms with van der Waals surface area (Å²) in [5.74, 6) is -0.491. The van der Waals surface area contributed by atoms with E-state index >= 15 is 0 Å². The van der Waals surface area contributed by atoms with Gasteiger partial charge in [-0.3, -0.25) is 14.6 Å². The van der Waals surface area contributed by atoms with Gasteiger partial charge in [0.1, 0.15) is 6.04 Å².